The number of aliphatic hydroxyl groups is 1. The van der Waals surface area contributed by atoms with Gasteiger partial charge in [-0.05, 0) is 68.9 Å². The summed E-state index contributed by atoms with van der Waals surface area (Å²) in [7, 11) is 0. The fourth-order valence-electron chi connectivity index (χ4n) is 7.75. The van der Waals surface area contributed by atoms with E-state index in [0.717, 1.165) is 41.3 Å². The molecule has 2 aliphatic heterocycles. The quantitative estimate of drug-likeness (QED) is 0.793. The lowest BCUT2D eigenvalue weighted by Crippen LogP contribution is -2.58. The van der Waals surface area contributed by atoms with E-state index in [1.165, 1.54) is 76.1 Å². The van der Waals surface area contributed by atoms with Crippen LogP contribution in [-0.4, -0.2) is 37.7 Å². The van der Waals surface area contributed by atoms with E-state index in [9.17, 15) is 5.11 Å². The minimum Gasteiger partial charge on any atom is -0.388 e. The molecule has 6 atom stereocenters. The average Bonchev–Trinajstić information content (AvgIpc) is 3.11. The van der Waals surface area contributed by atoms with Crippen molar-refractivity contribution < 1.29 is 5.11 Å². The molecule has 0 spiro atoms. The number of nitrogens with zero attached hydrogens (tertiary/aromatic N) is 3. The number of hydrogen-bond acceptors (Lipinski definition) is 3. The van der Waals surface area contributed by atoms with Crippen LogP contribution in [0.3, 0.4) is 0 Å². The summed E-state index contributed by atoms with van der Waals surface area (Å²) in [5.74, 6) is 2.86. The second-order valence-corrected chi connectivity index (χ2v) is 10.4. The Kier molecular flexibility index (Phi) is 4.68. The van der Waals surface area contributed by atoms with Gasteiger partial charge in [-0.25, -0.2) is 4.98 Å². The van der Waals surface area contributed by atoms with Gasteiger partial charge < -0.3 is 9.67 Å². The van der Waals surface area contributed by atoms with Crippen molar-refractivity contribution in [1.29, 1.82) is 0 Å². The van der Waals surface area contributed by atoms with E-state index >= 15 is 0 Å². The number of piperidine rings is 2. The Bertz CT molecular complexity index is 850. The van der Waals surface area contributed by atoms with Crippen molar-refractivity contribution in [1.82, 2.24) is 14.5 Å². The maximum atomic E-state index is 10.0. The molecule has 4 fully saturated rings. The molecule has 2 aromatic rings. The Balaban J connectivity index is 1.29. The van der Waals surface area contributed by atoms with Crippen LogP contribution in [0, 0.1) is 11.8 Å². The first-order chi connectivity index (χ1) is 14.3. The average molecular weight is 394 g/mol. The van der Waals surface area contributed by atoms with Crippen molar-refractivity contribution >= 4 is 11.0 Å². The van der Waals surface area contributed by atoms with E-state index in [-0.39, 0.29) is 6.61 Å². The normalized spacial score (nSPS) is 37.7. The molecule has 3 heterocycles. The van der Waals surface area contributed by atoms with E-state index < -0.39 is 0 Å². The fraction of sp³-hybridized carbons (Fsp3) is 0.720. The van der Waals surface area contributed by atoms with Crippen molar-refractivity contribution in [3.63, 3.8) is 0 Å². The number of para-hydroxylation sites is 2. The molecule has 0 radical (unpaired) electrons. The zero-order chi connectivity index (χ0) is 19.4. The maximum absolute atomic E-state index is 10.0. The van der Waals surface area contributed by atoms with Crippen LogP contribution in [0.25, 0.3) is 11.0 Å². The SMILES string of the molecule is OCc1nc2ccccc2n1C1C[C@H]2CCC[C@@H](C1)N2C1C[C@H]2CCC[C@@H](C1)C2. The zero-order valence-corrected chi connectivity index (χ0v) is 17.5. The van der Waals surface area contributed by atoms with Gasteiger partial charge in [-0.15, -0.1) is 0 Å². The highest BCUT2D eigenvalue weighted by molar-refractivity contribution is 5.76. The molecule has 156 valence electrons. The third-order valence-electron chi connectivity index (χ3n) is 8.71. The highest BCUT2D eigenvalue weighted by Crippen LogP contribution is 2.47. The minimum absolute atomic E-state index is 0.0379. The predicted molar refractivity (Wildman–Crippen MR) is 116 cm³/mol. The van der Waals surface area contributed by atoms with Crippen molar-refractivity contribution in [3.05, 3.63) is 30.1 Å². The molecule has 4 heteroatoms. The van der Waals surface area contributed by atoms with Gasteiger partial charge in [0, 0.05) is 24.2 Å². The largest absolute Gasteiger partial charge is 0.388 e. The van der Waals surface area contributed by atoms with Crippen LogP contribution >= 0.6 is 0 Å². The van der Waals surface area contributed by atoms with Crippen LogP contribution in [0.2, 0.25) is 0 Å². The van der Waals surface area contributed by atoms with Crippen LogP contribution in [-0.2, 0) is 6.61 Å². The van der Waals surface area contributed by atoms with Gasteiger partial charge >= 0.3 is 0 Å². The smallest absolute Gasteiger partial charge is 0.135 e. The van der Waals surface area contributed by atoms with Gasteiger partial charge in [0.1, 0.15) is 12.4 Å². The van der Waals surface area contributed by atoms with E-state index in [2.05, 4.69) is 33.7 Å². The van der Waals surface area contributed by atoms with Gasteiger partial charge in [0.25, 0.3) is 0 Å². The van der Waals surface area contributed by atoms with Gasteiger partial charge in [-0.3, -0.25) is 4.90 Å². The van der Waals surface area contributed by atoms with Crippen LogP contribution < -0.4 is 0 Å². The second kappa shape index (κ2) is 7.39. The summed E-state index contributed by atoms with van der Waals surface area (Å²) < 4.78 is 2.40. The number of imidazole rings is 1. The van der Waals surface area contributed by atoms with Gasteiger partial charge in [0.15, 0.2) is 0 Å². The first-order valence-corrected chi connectivity index (χ1v) is 12.1. The molecule has 4 nitrogen and oxygen atoms in total. The summed E-state index contributed by atoms with van der Waals surface area (Å²) in [6.07, 6.45) is 15.5. The number of aromatic nitrogens is 2. The molecule has 2 saturated carbocycles. The van der Waals surface area contributed by atoms with Gasteiger partial charge in [0.05, 0.1) is 11.0 Å². The van der Waals surface area contributed by atoms with Gasteiger partial charge in [-0.2, -0.15) is 0 Å². The summed E-state index contributed by atoms with van der Waals surface area (Å²) in [5, 5.41) is 10.0. The molecule has 6 rings (SSSR count). The third kappa shape index (κ3) is 3.14. The number of fused-ring (bicyclic) bond motifs is 5. The molecule has 1 N–H and O–H groups in total. The van der Waals surface area contributed by atoms with Crippen molar-refractivity contribution in [2.45, 2.75) is 101 Å². The molecular formula is C25H35N3O. The molecular weight excluding hydrogens is 358 g/mol. The molecule has 4 aliphatic rings. The summed E-state index contributed by atoms with van der Waals surface area (Å²) in [4.78, 5) is 7.76. The molecule has 2 aliphatic carbocycles. The Labute approximate surface area is 174 Å². The number of aliphatic hydroxyl groups excluding tert-OH is 1. The lowest BCUT2D eigenvalue weighted by molar-refractivity contribution is -0.0487. The van der Waals surface area contributed by atoms with Gasteiger partial charge in [0.2, 0.25) is 0 Å². The molecule has 2 saturated heterocycles. The summed E-state index contributed by atoms with van der Waals surface area (Å²) in [6, 6.07) is 11.2. The van der Waals surface area contributed by atoms with Crippen LogP contribution in [0.4, 0.5) is 0 Å². The first kappa shape index (κ1) is 18.4. The lowest BCUT2D eigenvalue weighted by Gasteiger charge is -2.55. The zero-order valence-electron chi connectivity index (χ0n) is 17.5. The van der Waals surface area contributed by atoms with Crippen LogP contribution in [0.1, 0.15) is 82.5 Å². The Morgan fingerprint density at radius 1 is 0.793 bits per heavy atom. The maximum Gasteiger partial charge on any atom is 0.135 e. The highest BCUT2D eigenvalue weighted by atomic mass is 16.3. The molecule has 1 aromatic carbocycles. The molecule has 4 bridgehead atoms. The summed E-state index contributed by atoms with van der Waals surface area (Å²) >= 11 is 0. The van der Waals surface area contributed by atoms with Crippen molar-refractivity contribution in [2.75, 3.05) is 0 Å². The predicted octanol–water partition coefficient (Wildman–Crippen LogP) is 5.06. The number of rotatable bonds is 3. The monoisotopic (exact) mass is 393 g/mol. The minimum atomic E-state index is 0.0379. The number of benzene rings is 1. The Morgan fingerprint density at radius 3 is 2.21 bits per heavy atom. The van der Waals surface area contributed by atoms with E-state index in [1.54, 1.807) is 0 Å². The second-order valence-electron chi connectivity index (χ2n) is 10.4. The molecule has 29 heavy (non-hydrogen) atoms. The van der Waals surface area contributed by atoms with E-state index in [1.807, 2.05) is 0 Å². The van der Waals surface area contributed by atoms with E-state index in [0.29, 0.717) is 6.04 Å². The van der Waals surface area contributed by atoms with Crippen LogP contribution in [0.5, 0.6) is 0 Å². The van der Waals surface area contributed by atoms with Crippen molar-refractivity contribution in [3.8, 4) is 0 Å². The molecule has 2 unspecified atom stereocenters. The standard InChI is InChI=1S/C25H35N3O/c29-16-25-26-23-9-1-2-10-24(23)28(25)22-14-19-7-4-8-20(15-22)27(19)21-12-17-5-3-6-18(11-17)13-21/h1-2,9-10,17-22,29H,3-8,11-16H2/t17-,18+,19-,20+,21?,22?. The number of hydrogen-bond donors (Lipinski definition) is 1. The Hall–Kier alpha value is -1.39. The first-order valence-electron chi connectivity index (χ1n) is 12.1. The van der Waals surface area contributed by atoms with E-state index in [4.69, 9.17) is 4.98 Å². The molecule has 1 aromatic heterocycles. The third-order valence-corrected chi connectivity index (χ3v) is 8.71. The van der Waals surface area contributed by atoms with Gasteiger partial charge in [-0.1, -0.05) is 37.8 Å². The highest BCUT2D eigenvalue weighted by Gasteiger charge is 2.45. The lowest BCUT2D eigenvalue weighted by atomic mass is 9.68. The topological polar surface area (TPSA) is 41.3 Å². The van der Waals surface area contributed by atoms with Crippen molar-refractivity contribution in [2.24, 2.45) is 11.8 Å². The summed E-state index contributed by atoms with van der Waals surface area (Å²) in [6.45, 7) is 0.0379. The molecule has 0 amide bonds. The fourth-order valence-corrected chi connectivity index (χ4v) is 7.75. The summed E-state index contributed by atoms with van der Waals surface area (Å²) in [5.41, 5.74) is 2.24. The Morgan fingerprint density at radius 2 is 1.48 bits per heavy atom. The van der Waals surface area contributed by atoms with Crippen LogP contribution in [0.15, 0.2) is 24.3 Å².